The van der Waals surface area contributed by atoms with Gasteiger partial charge in [-0.15, -0.1) is 22.7 Å². The van der Waals surface area contributed by atoms with E-state index in [1.54, 1.807) is 28.9 Å². The van der Waals surface area contributed by atoms with Crippen molar-refractivity contribution in [3.63, 3.8) is 0 Å². The second-order valence-electron chi connectivity index (χ2n) is 8.85. The molecule has 2 amide bonds. The lowest BCUT2D eigenvalue weighted by Gasteiger charge is -2.02. The third-order valence-electron chi connectivity index (χ3n) is 5.94. The fourth-order valence-corrected chi connectivity index (χ4v) is 8.02. The van der Waals surface area contributed by atoms with Crippen molar-refractivity contribution in [2.75, 3.05) is 27.3 Å². The van der Waals surface area contributed by atoms with Gasteiger partial charge in [0.15, 0.2) is 11.0 Å². The molecule has 5 rings (SSSR count). The molecule has 4 heterocycles. The minimum absolute atomic E-state index is 0.00882. The highest BCUT2D eigenvalue weighted by Crippen LogP contribution is 2.41. The third kappa shape index (κ3) is 7.38. The largest absolute Gasteiger partial charge is 0.453 e. The van der Waals surface area contributed by atoms with Crippen LogP contribution in [0.3, 0.4) is 0 Å². The van der Waals surface area contributed by atoms with Crippen molar-refractivity contribution in [3.05, 3.63) is 36.5 Å². The number of H-pyrrole nitrogens is 2. The Morgan fingerprint density at radius 2 is 1.45 bits per heavy atom. The summed E-state index contributed by atoms with van der Waals surface area (Å²) < 4.78 is 11.3. The highest BCUT2D eigenvalue weighted by Gasteiger charge is 2.15. The van der Waals surface area contributed by atoms with Crippen LogP contribution in [0.1, 0.15) is 12.8 Å². The molecule has 0 saturated carbocycles. The molecule has 0 radical (unpaired) electrons. The summed E-state index contributed by atoms with van der Waals surface area (Å²) in [5, 5.41) is 5.00. The minimum atomic E-state index is -0.560. The number of hydrogen-bond donors (Lipinski definition) is 4. The van der Waals surface area contributed by atoms with Crippen LogP contribution in [-0.4, -0.2) is 70.5 Å². The number of ether oxygens (including phenoxy) is 2. The van der Waals surface area contributed by atoms with Gasteiger partial charge in [-0.2, -0.15) is 0 Å². The van der Waals surface area contributed by atoms with E-state index < -0.39 is 12.2 Å². The second kappa shape index (κ2) is 13.5. The van der Waals surface area contributed by atoms with E-state index in [1.807, 2.05) is 18.2 Å². The fourth-order valence-electron chi connectivity index (χ4n) is 3.93. The van der Waals surface area contributed by atoms with E-state index in [-0.39, 0.29) is 54.1 Å². The van der Waals surface area contributed by atoms with Gasteiger partial charge < -0.3 is 30.1 Å². The Labute approximate surface area is 250 Å². The predicted molar refractivity (Wildman–Crippen MR) is 168 cm³/mol. The maximum atomic E-state index is 12.3. The van der Waals surface area contributed by atoms with Crippen LogP contribution in [0.4, 0.5) is 9.59 Å². The van der Waals surface area contributed by atoms with E-state index in [0.29, 0.717) is 11.1 Å². The van der Waals surface area contributed by atoms with E-state index in [4.69, 9.17) is 0 Å². The first-order valence-corrected chi connectivity index (χ1v) is 16.3. The molecular weight excluding hydrogens is 618 g/mol. The molecule has 0 fully saturated rings. The zero-order valence-electron chi connectivity index (χ0n) is 22.5. The number of hydrogen-bond acceptors (Lipinski definition) is 10. The number of methoxy groups -OCH3 is 2. The molecule has 0 aliphatic rings. The number of aromatic nitrogens is 4. The van der Waals surface area contributed by atoms with Gasteiger partial charge in [0.05, 0.1) is 42.0 Å². The van der Waals surface area contributed by atoms with Gasteiger partial charge in [-0.05, 0) is 29.8 Å². The zero-order chi connectivity index (χ0) is 29.6. The van der Waals surface area contributed by atoms with Crippen LogP contribution in [0, 0.1) is 0 Å². The number of benzene rings is 1. The van der Waals surface area contributed by atoms with Crippen molar-refractivity contribution in [1.82, 2.24) is 30.6 Å². The van der Waals surface area contributed by atoms with Gasteiger partial charge in [-0.25, -0.2) is 19.6 Å². The average molecular weight is 645 g/mol. The Balaban J connectivity index is 1.21. The number of fused-ring (bicyclic) bond motifs is 2. The van der Waals surface area contributed by atoms with Crippen molar-refractivity contribution in [2.24, 2.45) is 0 Å². The molecule has 0 spiro atoms. The van der Waals surface area contributed by atoms with Gasteiger partial charge in [-0.3, -0.25) is 9.59 Å². The number of imidazole rings is 2. The average Bonchev–Trinajstić information content (AvgIpc) is 3.75. The number of carbonyl (C=O) groups excluding carboxylic acids is 4. The highest BCUT2D eigenvalue weighted by atomic mass is 32.1. The smallest absolute Gasteiger partial charge is 0.406 e. The zero-order valence-corrected chi connectivity index (χ0v) is 26.1. The van der Waals surface area contributed by atoms with E-state index in [9.17, 15) is 19.2 Å². The van der Waals surface area contributed by atoms with Crippen LogP contribution in [-0.2, 0) is 19.1 Å². The van der Waals surface area contributed by atoms with Gasteiger partial charge in [0.1, 0.15) is 11.1 Å². The number of aromatic amines is 2. The minimum Gasteiger partial charge on any atom is -0.453 e. The van der Waals surface area contributed by atoms with Crippen LogP contribution in [0.15, 0.2) is 36.5 Å². The Morgan fingerprint density at radius 3 is 2.12 bits per heavy atom. The normalized spacial score (nSPS) is 11.7. The van der Waals surface area contributed by atoms with Crippen molar-refractivity contribution in [3.8, 4) is 21.0 Å². The number of amides is 2. The van der Waals surface area contributed by atoms with Gasteiger partial charge in [-0.1, -0.05) is 6.07 Å². The quantitative estimate of drug-likeness (QED) is 0.148. The summed E-state index contributed by atoms with van der Waals surface area (Å²) in [6.45, 7) is 0.446. The Kier molecular flexibility index (Phi) is 9.58. The molecule has 0 bridgehead atoms. The van der Waals surface area contributed by atoms with Gasteiger partial charge in [0.25, 0.3) is 0 Å². The van der Waals surface area contributed by atoms with E-state index in [1.165, 1.54) is 14.2 Å². The molecule has 42 heavy (non-hydrogen) atoms. The van der Waals surface area contributed by atoms with Gasteiger partial charge in [0, 0.05) is 57.4 Å². The molecule has 16 heteroatoms. The number of nitrogens with one attached hydrogen (secondary N) is 4. The fraction of sp³-hybridized carbons (Fsp3) is 0.231. The number of nitrogens with zero attached hydrogens (tertiary/aromatic N) is 2. The topological polar surface area (TPSA) is 168 Å². The lowest BCUT2D eigenvalue weighted by Crippen LogP contribution is -2.25. The number of carbonyl (C=O) groups is 4. The monoisotopic (exact) mass is 644 g/mol. The van der Waals surface area contributed by atoms with E-state index in [2.05, 4.69) is 52.2 Å². The first-order valence-electron chi connectivity index (χ1n) is 12.6. The SMILES string of the molecule is COC(=O)NCCC(=O)Pc1ncc(-c2cc3sc(-c4ccc5nc(PC(=O)CCNC(=O)OC)[nH]c5c4)cc3s2)[nH]1. The highest BCUT2D eigenvalue weighted by molar-refractivity contribution is 7.65. The summed E-state index contributed by atoms with van der Waals surface area (Å²) in [6, 6.07) is 10.3. The predicted octanol–water partition coefficient (Wildman–Crippen LogP) is 4.05. The second-order valence-corrected chi connectivity index (χ2v) is 13.6. The summed E-state index contributed by atoms with van der Waals surface area (Å²) >= 11 is 3.33. The van der Waals surface area contributed by atoms with Crippen LogP contribution in [0.2, 0.25) is 0 Å². The lowest BCUT2D eigenvalue weighted by molar-refractivity contribution is -0.111. The van der Waals surface area contributed by atoms with Crippen LogP contribution in [0.5, 0.6) is 0 Å². The van der Waals surface area contributed by atoms with E-state index in [0.717, 1.165) is 41.4 Å². The molecule has 218 valence electrons. The molecule has 1 aromatic carbocycles. The molecule has 0 aliphatic heterocycles. The molecule has 0 aliphatic carbocycles. The van der Waals surface area contributed by atoms with Crippen molar-refractivity contribution in [1.29, 1.82) is 0 Å². The molecule has 4 N–H and O–H groups in total. The molecule has 2 unspecified atom stereocenters. The first-order chi connectivity index (χ1) is 20.3. The van der Waals surface area contributed by atoms with Crippen molar-refractivity contribution >= 4 is 94.6 Å². The molecule has 12 nitrogen and oxygen atoms in total. The molecule has 0 saturated heterocycles. The first kappa shape index (κ1) is 29.8. The Morgan fingerprint density at radius 1 is 0.833 bits per heavy atom. The standard InChI is InChI=1S/C26H26N6O6P2S2/c1-37-25(35)27-7-5-21(33)39-23-29-12-16(32-23)18-11-20-19(42-18)10-17(41-20)13-3-4-14-15(9-13)31-24(30-14)40-22(34)6-8-28-26(36)38-2/h3-4,9-12,39-40H,5-8H2,1-2H3,(H,27,35)(H,28,36)(H,29,32)(H,30,31). The molecule has 5 aromatic rings. The summed E-state index contributed by atoms with van der Waals surface area (Å²) in [6.07, 6.45) is 1.04. The maximum absolute atomic E-state index is 12.3. The van der Waals surface area contributed by atoms with Crippen LogP contribution >= 0.6 is 39.8 Å². The Bertz CT molecular complexity index is 1750. The summed E-state index contributed by atoms with van der Waals surface area (Å²) in [7, 11) is 2.30. The van der Waals surface area contributed by atoms with Crippen molar-refractivity contribution < 1.29 is 28.7 Å². The molecule has 4 aromatic heterocycles. The lowest BCUT2D eigenvalue weighted by atomic mass is 10.1. The number of rotatable bonds is 12. The Hall–Kier alpha value is -3.70. The maximum Gasteiger partial charge on any atom is 0.406 e. The van der Waals surface area contributed by atoms with E-state index >= 15 is 0 Å². The van der Waals surface area contributed by atoms with Crippen LogP contribution < -0.4 is 21.8 Å². The summed E-state index contributed by atoms with van der Waals surface area (Å²) in [5.41, 5.74) is 4.75. The van der Waals surface area contributed by atoms with Gasteiger partial charge >= 0.3 is 12.2 Å². The third-order valence-corrected chi connectivity index (χ3v) is 10.3. The molecule has 2 atom stereocenters. The number of alkyl carbamates (subject to hydrolysis) is 2. The summed E-state index contributed by atoms with van der Waals surface area (Å²) in [5.74, 6) is 0. The summed E-state index contributed by atoms with van der Waals surface area (Å²) in [4.78, 5) is 64.3. The number of thiophene rings is 2. The van der Waals surface area contributed by atoms with Crippen molar-refractivity contribution in [2.45, 2.75) is 12.8 Å². The van der Waals surface area contributed by atoms with Crippen LogP contribution in [0.25, 0.3) is 41.4 Å². The molecular formula is C26H26N6O6P2S2. The van der Waals surface area contributed by atoms with Gasteiger partial charge in [0.2, 0.25) is 0 Å².